The molecule has 3 N–H and O–H groups in total. The molecule has 0 heterocycles. The van der Waals surface area contributed by atoms with Crippen molar-refractivity contribution in [1.29, 1.82) is 0 Å². The lowest BCUT2D eigenvalue weighted by atomic mass is 10.0. The SMILES string of the molecule is CC(=O)Oc1c(C)cc(OC/C=N\NC(N)=S)c(C)c1C. The minimum Gasteiger partial charge on any atom is -0.488 e. The van der Waals surface area contributed by atoms with Crippen LogP contribution >= 0.6 is 12.2 Å². The number of rotatable bonds is 5. The lowest BCUT2D eigenvalue weighted by Gasteiger charge is -2.15. The van der Waals surface area contributed by atoms with Gasteiger partial charge in [0.2, 0.25) is 0 Å². The van der Waals surface area contributed by atoms with Crippen LogP contribution in [-0.4, -0.2) is 23.9 Å². The Balaban J connectivity index is 2.83. The highest BCUT2D eigenvalue weighted by molar-refractivity contribution is 7.80. The van der Waals surface area contributed by atoms with E-state index in [1.54, 1.807) is 0 Å². The number of benzene rings is 1. The third kappa shape index (κ3) is 5.03. The zero-order valence-corrected chi connectivity index (χ0v) is 13.3. The van der Waals surface area contributed by atoms with Crippen LogP contribution in [0.2, 0.25) is 0 Å². The third-order valence-corrected chi connectivity index (χ3v) is 2.89. The second-order valence-electron chi connectivity index (χ2n) is 4.46. The second-order valence-corrected chi connectivity index (χ2v) is 4.90. The van der Waals surface area contributed by atoms with E-state index in [1.165, 1.54) is 13.1 Å². The van der Waals surface area contributed by atoms with Gasteiger partial charge in [-0.3, -0.25) is 10.2 Å². The molecule has 0 aromatic heterocycles. The summed E-state index contributed by atoms with van der Waals surface area (Å²) in [4.78, 5) is 11.1. The van der Waals surface area contributed by atoms with Crippen LogP contribution in [0, 0.1) is 20.8 Å². The lowest BCUT2D eigenvalue weighted by Crippen LogP contribution is -2.24. The molecule has 0 bridgehead atoms. The molecular weight excluding hydrogens is 290 g/mol. The molecule has 0 unspecified atom stereocenters. The van der Waals surface area contributed by atoms with Crippen molar-refractivity contribution in [1.82, 2.24) is 5.43 Å². The smallest absolute Gasteiger partial charge is 0.308 e. The fourth-order valence-corrected chi connectivity index (χ4v) is 1.80. The molecule has 21 heavy (non-hydrogen) atoms. The van der Waals surface area contributed by atoms with Crippen molar-refractivity contribution < 1.29 is 14.3 Å². The van der Waals surface area contributed by atoms with Crippen molar-refractivity contribution in [3.05, 3.63) is 22.8 Å². The van der Waals surface area contributed by atoms with E-state index in [9.17, 15) is 4.79 Å². The van der Waals surface area contributed by atoms with Gasteiger partial charge >= 0.3 is 5.97 Å². The maximum atomic E-state index is 11.1. The Kier molecular flexibility index (Phi) is 6.10. The van der Waals surface area contributed by atoms with Crippen molar-refractivity contribution >= 4 is 29.5 Å². The van der Waals surface area contributed by atoms with Gasteiger partial charge in [-0.25, -0.2) is 0 Å². The predicted octanol–water partition coefficient (Wildman–Crippen LogP) is 1.73. The number of nitrogens with one attached hydrogen (secondary N) is 1. The molecule has 7 heteroatoms. The highest BCUT2D eigenvalue weighted by Crippen LogP contribution is 2.33. The fourth-order valence-electron chi connectivity index (χ4n) is 1.75. The van der Waals surface area contributed by atoms with Gasteiger partial charge in [0.1, 0.15) is 18.1 Å². The number of ether oxygens (including phenoxy) is 2. The number of carbonyl (C=O) groups excluding carboxylic acids is 1. The maximum absolute atomic E-state index is 11.1. The van der Waals surface area contributed by atoms with Crippen LogP contribution in [0.15, 0.2) is 11.2 Å². The van der Waals surface area contributed by atoms with E-state index in [2.05, 4.69) is 22.7 Å². The number of hydrazone groups is 1. The van der Waals surface area contributed by atoms with Gasteiger partial charge in [-0.15, -0.1) is 0 Å². The van der Waals surface area contributed by atoms with Gasteiger partial charge in [-0.1, -0.05) is 0 Å². The van der Waals surface area contributed by atoms with Crippen molar-refractivity contribution in [3.63, 3.8) is 0 Å². The molecule has 1 aromatic rings. The predicted molar refractivity (Wildman–Crippen MR) is 85.9 cm³/mol. The summed E-state index contributed by atoms with van der Waals surface area (Å²) < 4.78 is 10.8. The summed E-state index contributed by atoms with van der Waals surface area (Å²) in [6.45, 7) is 7.30. The Bertz CT molecular complexity index is 585. The van der Waals surface area contributed by atoms with Crippen molar-refractivity contribution in [2.24, 2.45) is 10.8 Å². The summed E-state index contributed by atoms with van der Waals surface area (Å²) in [6.07, 6.45) is 1.52. The summed E-state index contributed by atoms with van der Waals surface area (Å²) in [5, 5.41) is 3.88. The number of nitrogens with two attached hydrogens (primary N) is 1. The van der Waals surface area contributed by atoms with E-state index in [1.807, 2.05) is 26.8 Å². The Labute approximate surface area is 129 Å². The summed E-state index contributed by atoms with van der Waals surface area (Å²) in [5.41, 5.74) is 10.3. The first-order valence-electron chi connectivity index (χ1n) is 6.32. The van der Waals surface area contributed by atoms with Gasteiger partial charge in [-0.2, -0.15) is 5.10 Å². The lowest BCUT2D eigenvalue weighted by molar-refractivity contribution is -0.131. The molecule has 0 radical (unpaired) electrons. The average molecular weight is 309 g/mol. The van der Waals surface area contributed by atoms with Crippen molar-refractivity contribution in [2.45, 2.75) is 27.7 Å². The summed E-state index contributed by atoms with van der Waals surface area (Å²) in [7, 11) is 0. The highest BCUT2D eigenvalue weighted by atomic mass is 32.1. The third-order valence-electron chi connectivity index (χ3n) is 2.80. The molecule has 114 valence electrons. The standard InChI is InChI=1S/C14H19N3O3S/c1-8-7-12(19-6-5-16-17-14(15)21)9(2)10(3)13(8)20-11(4)18/h5,7H,6H2,1-4H3,(H3,15,17,21)/b16-5-. The molecule has 0 saturated heterocycles. The Morgan fingerprint density at radius 1 is 1.43 bits per heavy atom. The first kappa shape index (κ1) is 16.9. The van der Waals surface area contributed by atoms with Crippen LogP contribution in [0.25, 0.3) is 0 Å². The Morgan fingerprint density at radius 3 is 2.67 bits per heavy atom. The zero-order valence-electron chi connectivity index (χ0n) is 12.5. The van der Waals surface area contributed by atoms with E-state index in [0.29, 0.717) is 11.5 Å². The quantitative estimate of drug-likeness (QED) is 0.283. The van der Waals surface area contributed by atoms with Gasteiger partial charge in [0, 0.05) is 6.92 Å². The fraction of sp³-hybridized carbons (Fsp3) is 0.357. The van der Waals surface area contributed by atoms with Gasteiger partial charge in [0.25, 0.3) is 0 Å². The largest absolute Gasteiger partial charge is 0.488 e. The summed E-state index contributed by atoms with van der Waals surface area (Å²) >= 11 is 4.61. The molecule has 1 aromatic carbocycles. The summed E-state index contributed by atoms with van der Waals surface area (Å²) in [6, 6.07) is 1.83. The normalized spacial score (nSPS) is 10.5. The minimum absolute atomic E-state index is 0.0971. The van der Waals surface area contributed by atoms with Gasteiger partial charge in [0.05, 0.1) is 6.21 Å². The molecule has 0 aliphatic heterocycles. The molecule has 0 fully saturated rings. The number of hydrogen-bond donors (Lipinski definition) is 2. The van der Waals surface area contributed by atoms with Crippen molar-refractivity contribution in [3.8, 4) is 11.5 Å². The van der Waals surface area contributed by atoms with Gasteiger partial charge in [-0.05, 0) is 55.7 Å². The van der Waals surface area contributed by atoms with Crippen LogP contribution in [-0.2, 0) is 4.79 Å². The van der Waals surface area contributed by atoms with E-state index in [0.717, 1.165) is 16.7 Å². The molecule has 0 aliphatic rings. The minimum atomic E-state index is -0.342. The number of carbonyl (C=O) groups is 1. The van der Waals surface area contributed by atoms with Crippen molar-refractivity contribution in [2.75, 3.05) is 6.61 Å². The molecule has 0 saturated carbocycles. The number of hydrogen-bond acceptors (Lipinski definition) is 5. The number of thiocarbonyl (C=S) groups is 1. The average Bonchev–Trinajstić information content (AvgIpc) is 2.39. The number of esters is 1. The molecule has 0 atom stereocenters. The first-order valence-corrected chi connectivity index (χ1v) is 6.72. The van der Waals surface area contributed by atoms with Crippen LogP contribution in [0.1, 0.15) is 23.6 Å². The van der Waals surface area contributed by atoms with Gasteiger partial charge in [0.15, 0.2) is 5.11 Å². The maximum Gasteiger partial charge on any atom is 0.308 e. The van der Waals surface area contributed by atoms with Crippen LogP contribution in [0.5, 0.6) is 11.5 Å². The molecule has 6 nitrogen and oxygen atoms in total. The van der Waals surface area contributed by atoms with E-state index in [-0.39, 0.29) is 17.7 Å². The monoisotopic (exact) mass is 309 g/mol. The number of nitrogens with zero attached hydrogens (tertiary/aromatic N) is 1. The van der Waals surface area contributed by atoms with Crippen LogP contribution in [0.3, 0.4) is 0 Å². The topological polar surface area (TPSA) is 85.9 Å². The first-order chi connectivity index (χ1) is 9.82. The van der Waals surface area contributed by atoms with Crippen LogP contribution in [0.4, 0.5) is 0 Å². The Hall–Kier alpha value is -2.15. The summed E-state index contributed by atoms with van der Waals surface area (Å²) in [5.74, 6) is 0.948. The molecule has 0 amide bonds. The Morgan fingerprint density at radius 2 is 2.10 bits per heavy atom. The van der Waals surface area contributed by atoms with E-state index < -0.39 is 0 Å². The highest BCUT2D eigenvalue weighted by Gasteiger charge is 2.13. The van der Waals surface area contributed by atoms with Gasteiger partial charge < -0.3 is 15.2 Å². The van der Waals surface area contributed by atoms with E-state index in [4.69, 9.17) is 15.2 Å². The van der Waals surface area contributed by atoms with E-state index >= 15 is 0 Å². The van der Waals surface area contributed by atoms with Crippen LogP contribution < -0.4 is 20.6 Å². The number of aryl methyl sites for hydroxylation is 1. The molecule has 0 spiro atoms. The molecular formula is C14H19N3O3S. The zero-order chi connectivity index (χ0) is 16.0. The second kappa shape index (κ2) is 7.58. The molecule has 0 aliphatic carbocycles. The molecule has 1 rings (SSSR count).